The highest BCUT2D eigenvalue weighted by molar-refractivity contribution is 5.94. The van der Waals surface area contributed by atoms with Gasteiger partial charge in [0.2, 0.25) is 0 Å². The largest absolute Gasteiger partial charge is 0.334 e. The Balaban J connectivity index is 1.25. The van der Waals surface area contributed by atoms with E-state index in [1.165, 1.54) is 51.1 Å². The van der Waals surface area contributed by atoms with Crippen molar-refractivity contribution in [3.63, 3.8) is 0 Å². The van der Waals surface area contributed by atoms with Crippen LogP contribution in [0, 0.1) is 5.41 Å². The van der Waals surface area contributed by atoms with Crippen molar-refractivity contribution in [3.8, 4) is 5.69 Å². The molecule has 0 bridgehead atoms. The molecule has 0 unspecified atom stereocenters. The summed E-state index contributed by atoms with van der Waals surface area (Å²) in [5.41, 5.74) is 6.67. The van der Waals surface area contributed by atoms with E-state index in [2.05, 4.69) is 21.2 Å². The highest BCUT2D eigenvalue weighted by Crippen LogP contribution is 2.47. The molecule has 7 heteroatoms. The fraction of sp³-hybridized carbons (Fsp3) is 0.500. The predicted molar refractivity (Wildman–Crippen MR) is 110 cm³/mol. The maximum atomic E-state index is 12.5. The van der Waals surface area contributed by atoms with Crippen molar-refractivity contribution in [1.29, 1.82) is 0 Å². The number of benzene rings is 1. The van der Waals surface area contributed by atoms with Crippen LogP contribution in [-0.2, 0) is 0 Å². The van der Waals surface area contributed by atoms with Gasteiger partial charge in [-0.3, -0.25) is 14.8 Å². The molecule has 3 amide bonds. The third-order valence-corrected chi connectivity index (χ3v) is 6.49. The van der Waals surface area contributed by atoms with Gasteiger partial charge in [0, 0.05) is 11.7 Å². The number of imidazole rings is 1. The van der Waals surface area contributed by atoms with Crippen molar-refractivity contribution in [1.82, 2.24) is 25.7 Å². The third-order valence-electron chi connectivity index (χ3n) is 6.49. The average molecular weight is 396 g/mol. The summed E-state index contributed by atoms with van der Waals surface area (Å²) >= 11 is 0. The summed E-state index contributed by atoms with van der Waals surface area (Å²) in [4.78, 5) is 28.8. The summed E-state index contributed by atoms with van der Waals surface area (Å²) in [5.74, 6) is -0.411. The summed E-state index contributed by atoms with van der Waals surface area (Å²) in [6.07, 6.45) is 14.2. The average Bonchev–Trinajstić information content (AvgIpc) is 3.25. The van der Waals surface area contributed by atoms with Crippen LogP contribution < -0.4 is 16.2 Å². The number of carbonyl (C=O) groups is 2. The molecule has 2 aliphatic rings. The zero-order valence-electron chi connectivity index (χ0n) is 16.7. The van der Waals surface area contributed by atoms with Crippen LogP contribution in [0.4, 0.5) is 4.79 Å². The predicted octanol–water partition coefficient (Wildman–Crippen LogP) is 3.71. The second kappa shape index (κ2) is 8.68. The first-order chi connectivity index (χ1) is 14.2. The van der Waals surface area contributed by atoms with E-state index in [0.29, 0.717) is 11.1 Å². The van der Waals surface area contributed by atoms with Crippen LogP contribution in [0.3, 0.4) is 0 Å². The number of aromatic nitrogens is 2. The number of para-hydroxylation sites is 1. The topological polar surface area (TPSA) is 88.1 Å². The number of urea groups is 1. The van der Waals surface area contributed by atoms with Gasteiger partial charge >= 0.3 is 6.03 Å². The molecular formula is C22H29N5O2. The van der Waals surface area contributed by atoms with Crippen molar-refractivity contribution in [3.05, 3.63) is 48.5 Å². The summed E-state index contributed by atoms with van der Waals surface area (Å²) < 4.78 is 1.68. The zero-order valence-corrected chi connectivity index (χ0v) is 16.7. The number of amides is 3. The molecule has 2 fully saturated rings. The second-order valence-electron chi connectivity index (χ2n) is 8.37. The Kier molecular flexibility index (Phi) is 5.83. The molecule has 4 rings (SSSR count). The molecule has 2 aliphatic carbocycles. The Morgan fingerprint density at radius 2 is 1.69 bits per heavy atom. The van der Waals surface area contributed by atoms with Gasteiger partial charge in [-0.2, -0.15) is 0 Å². The van der Waals surface area contributed by atoms with Gasteiger partial charge < -0.3 is 5.32 Å². The zero-order chi connectivity index (χ0) is 20.1. The molecule has 0 saturated heterocycles. The molecule has 154 valence electrons. The summed E-state index contributed by atoms with van der Waals surface area (Å²) in [5, 5.41) is 3.00. The van der Waals surface area contributed by atoms with E-state index >= 15 is 0 Å². The molecule has 0 aliphatic heterocycles. The van der Waals surface area contributed by atoms with Crippen molar-refractivity contribution in [2.45, 2.75) is 63.8 Å². The Hall–Kier alpha value is -2.83. The monoisotopic (exact) mass is 395 g/mol. The van der Waals surface area contributed by atoms with Crippen molar-refractivity contribution in [2.24, 2.45) is 5.41 Å². The molecule has 1 aromatic heterocycles. The molecular weight excluding hydrogens is 366 g/mol. The molecule has 1 spiro atoms. The molecule has 0 atom stereocenters. The Labute approximate surface area is 171 Å². The lowest BCUT2D eigenvalue weighted by atomic mass is 9.64. The molecule has 29 heavy (non-hydrogen) atoms. The van der Waals surface area contributed by atoms with Crippen LogP contribution in [0.25, 0.3) is 5.69 Å². The number of hydrazine groups is 1. The van der Waals surface area contributed by atoms with Gasteiger partial charge in [-0.25, -0.2) is 15.2 Å². The molecule has 7 nitrogen and oxygen atoms in total. The lowest BCUT2D eigenvalue weighted by Crippen LogP contribution is -2.51. The summed E-state index contributed by atoms with van der Waals surface area (Å²) in [6.45, 7) is 0. The van der Waals surface area contributed by atoms with Gasteiger partial charge in [-0.15, -0.1) is 0 Å². The normalized spacial score (nSPS) is 18.9. The van der Waals surface area contributed by atoms with E-state index < -0.39 is 5.91 Å². The number of hydrogen-bond donors (Lipinski definition) is 3. The minimum absolute atomic E-state index is 0.175. The van der Waals surface area contributed by atoms with Crippen molar-refractivity contribution < 1.29 is 9.59 Å². The van der Waals surface area contributed by atoms with Crippen LogP contribution in [-0.4, -0.2) is 27.5 Å². The molecule has 0 radical (unpaired) electrons. The standard InChI is InChI=1S/C22H29N5O2/c28-20(19-15-23-16-27(19)18-7-3-1-4-8-18)25-26-21(29)24-17-9-13-22(14-10-17)11-5-2-6-12-22/h1,3-4,7-8,15-17H,2,5-6,9-14H2,(H,25,28)(H2,24,26,29). The SMILES string of the molecule is O=C(NNC(=O)c1cncn1-c1ccccc1)NC1CCC2(CCCCC2)CC1. The first kappa shape index (κ1) is 19.5. The summed E-state index contributed by atoms with van der Waals surface area (Å²) in [7, 11) is 0. The third kappa shape index (κ3) is 4.60. The van der Waals surface area contributed by atoms with Gasteiger partial charge in [-0.1, -0.05) is 37.5 Å². The fourth-order valence-corrected chi connectivity index (χ4v) is 4.83. The van der Waals surface area contributed by atoms with Crippen molar-refractivity contribution in [2.75, 3.05) is 0 Å². The summed E-state index contributed by atoms with van der Waals surface area (Å²) in [6, 6.07) is 9.28. The van der Waals surface area contributed by atoms with E-state index in [1.54, 1.807) is 10.9 Å². The number of nitrogens with zero attached hydrogens (tertiary/aromatic N) is 2. The highest BCUT2D eigenvalue weighted by atomic mass is 16.2. The second-order valence-corrected chi connectivity index (χ2v) is 8.37. The first-order valence-electron chi connectivity index (χ1n) is 10.6. The van der Waals surface area contributed by atoms with E-state index in [0.717, 1.165) is 18.5 Å². The van der Waals surface area contributed by atoms with E-state index in [9.17, 15) is 9.59 Å². The Morgan fingerprint density at radius 1 is 0.966 bits per heavy atom. The minimum Gasteiger partial charge on any atom is -0.334 e. The van der Waals surface area contributed by atoms with Crippen LogP contribution in [0.1, 0.15) is 68.3 Å². The van der Waals surface area contributed by atoms with Gasteiger partial charge in [0.05, 0.1) is 12.5 Å². The number of nitrogens with one attached hydrogen (secondary N) is 3. The van der Waals surface area contributed by atoms with Crippen LogP contribution in [0.5, 0.6) is 0 Å². The highest BCUT2D eigenvalue weighted by Gasteiger charge is 2.36. The van der Waals surface area contributed by atoms with Gasteiger partial charge in [-0.05, 0) is 56.1 Å². The van der Waals surface area contributed by atoms with E-state index in [4.69, 9.17) is 0 Å². The molecule has 1 heterocycles. The maximum absolute atomic E-state index is 12.5. The van der Waals surface area contributed by atoms with Crippen LogP contribution in [0.15, 0.2) is 42.9 Å². The van der Waals surface area contributed by atoms with Gasteiger partial charge in [0.25, 0.3) is 5.91 Å². The Morgan fingerprint density at radius 3 is 2.41 bits per heavy atom. The molecule has 2 saturated carbocycles. The fourth-order valence-electron chi connectivity index (χ4n) is 4.83. The number of rotatable bonds is 3. The van der Waals surface area contributed by atoms with Crippen LogP contribution in [0.2, 0.25) is 0 Å². The van der Waals surface area contributed by atoms with Gasteiger partial charge in [0.15, 0.2) is 0 Å². The van der Waals surface area contributed by atoms with E-state index in [-0.39, 0.29) is 12.1 Å². The van der Waals surface area contributed by atoms with E-state index in [1.807, 2.05) is 30.3 Å². The Bertz CT molecular complexity index is 832. The molecule has 2 aromatic rings. The van der Waals surface area contributed by atoms with Gasteiger partial charge in [0.1, 0.15) is 5.69 Å². The lowest BCUT2D eigenvalue weighted by molar-refractivity contribution is 0.0924. The quantitative estimate of drug-likeness (QED) is 0.692. The first-order valence-corrected chi connectivity index (χ1v) is 10.6. The maximum Gasteiger partial charge on any atom is 0.333 e. The minimum atomic E-state index is -0.411. The lowest BCUT2D eigenvalue weighted by Gasteiger charge is -2.43. The van der Waals surface area contributed by atoms with Crippen molar-refractivity contribution >= 4 is 11.9 Å². The van der Waals surface area contributed by atoms with Crippen LogP contribution >= 0.6 is 0 Å². The molecule has 1 aromatic carbocycles. The molecule has 3 N–H and O–H groups in total. The smallest absolute Gasteiger partial charge is 0.333 e. The number of carbonyl (C=O) groups excluding carboxylic acids is 2. The number of hydrogen-bond acceptors (Lipinski definition) is 3.